The Bertz CT molecular complexity index is 933. The summed E-state index contributed by atoms with van der Waals surface area (Å²) in [6.07, 6.45) is 5.42. The summed E-state index contributed by atoms with van der Waals surface area (Å²) < 4.78 is 6.38. The number of hydrogen-bond donors (Lipinski definition) is 1. The smallest absolute Gasteiger partial charge is 0.261 e. The molecule has 1 aliphatic rings. The predicted octanol–water partition coefficient (Wildman–Crippen LogP) is 6.00. The lowest BCUT2D eigenvalue weighted by molar-refractivity contribution is -0.142. The molecular weight excluding hydrogens is 515 g/mol. The van der Waals surface area contributed by atoms with Crippen LogP contribution in [0, 0.1) is 0 Å². The van der Waals surface area contributed by atoms with E-state index in [2.05, 4.69) is 21.2 Å². The molecule has 172 valence electrons. The zero-order valence-electron chi connectivity index (χ0n) is 18.0. The second-order valence-corrected chi connectivity index (χ2v) is 9.76. The highest BCUT2D eigenvalue weighted by molar-refractivity contribution is 9.10. The molecule has 5 nitrogen and oxygen atoms in total. The number of nitrogens with zero attached hydrogens (tertiary/aromatic N) is 1. The number of amides is 2. The van der Waals surface area contributed by atoms with Crippen molar-refractivity contribution >= 4 is 50.9 Å². The summed E-state index contributed by atoms with van der Waals surface area (Å²) in [6, 6.07) is 11.9. The number of halogens is 3. The topological polar surface area (TPSA) is 58.6 Å². The number of rotatable bonds is 8. The van der Waals surface area contributed by atoms with Crippen molar-refractivity contribution in [3.8, 4) is 5.75 Å². The summed E-state index contributed by atoms with van der Waals surface area (Å²) in [5.74, 6) is 0.0773. The van der Waals surface area contributed by atoms with Gasteiger partial charge in [0.25, 0.3) is 5.91 Å². The van der Waals surface area contributed by atoms with Gasteiger partial charge in [-0.15, -0.1) is 0 Å². The summed E-state index contributed by atoms with van der Waals surface area (Å²) in [5.41, 5.74) is 0.882. The van der Waals surface area contributed by atoms with Crippen LogP contribution >= 0.6 is 39.1 Å². The van der Waals surface area contributed by atoms with Crippen LogP contribution in [0.5, 0.6) is 5.75 Å². The second kappa shape index (κ2) is 11.9. The SMILES string of the molecule is C[C@@H](C(=O)NC1CCCCC1)N(Cc1ccc(Cl)cc1)C(=O)COc1ccc(Cl)cc1Br. The fourth-order valence-corrected chi connectivity index (χ4v) is 4.68. The average Bonchev–Trinajstić information content (AvgIpc) is 2.78. The summed E-state index contributed by atoms with van der Waals surface area (Å²) in [7, 11) is 0. The first-order valence-electron chi connectivity index (χ1n) is 10.8. The molecule has 0 saturated heterocycles. The predicted molar refractivity (Wildman–Crippen MR) is 131 cm³/mol. The fraction of sp³-hybridized carbons (Fsp3) is 0.417. The molecule has 0 bridgehead atoms. The van der Waals surface area contributed by atoms with Gasteiger partial charge in [0, 0.05) is 22.6 Å². The van der Waals surface area contributed by atoms with Gasteiger partial charge < -0.3 is 15.0 Å². The molecule has 32 heavy (non-hydrogen) atoms. The first-order valence-corrected chi connectivity index (χ1v) is 12.3. The van der Waals surface area contributed by atoms with Crippen LogP contribution in [-0.2, 0) is 16.1 Å². The monoisotopic (exact) mass is 540 g/mol. The van der Waals surface area contributed by atoms with Crippen molar-refractivity contribution in [1.29, 1.82) is 0 Å². The first-order chi connectivity index (χ1) is 15.3. The molecule has 3 rings (SSSR count). The van der Waals surface area contributed by atoms with Gasteiger partial charge in [-0.25, -0.2) is 0 Å². The van der Waals surface area contributed by atoms with Gasteiger partial charge in [-0.3, -0.25) is 9.59 Å². The lowest BCUT2D eigenvalue weighted by atomic mass is 9.95. The van der Waals surface area contributed by atoms with Crippen molar-refractivity contribution in [1.82, 2.24) is 10.2 Å². The van der Waals surface area contributed by atoms with E-state index in [1.165, 1.54) is 6.42 Å². The lowest BCUT2D eigenvalue weighted by Crippen LogP contribution is -2.51. The maximum Gasteiger partial charge on any atom is 0.261 e. The zero-order chi connectivity index (χ0) is 23.1. The maximum atomic E-state index is 13.2. The van der Waals surface area contributed by atoms with Crippen LogP contribution in [0.4, 0.5) is 0 Å². The largest absolute Gasteiger partial charge is 0.483 e. The number of benzene rings is 2. The van der Waals surface area contributed by atoms with Gasteiger partial charge >= 0.3 is 0 Å². The molecule has 1 aliphatic carbocycles. The highest BCUT2D eigenvalue weighted by Crippen LogP contribution is 2.28. The second-order valence-electron chi connectivity index (χ2n) is 8.03. The Kier molecular flexibility index (Phi) is 9.26. The normalized spacial score (nSPS) is 15.1. The van der Waals surface area contributed by atoms with E-state index in [0.717, 1.165) is 31.2 Å². The molecule has 0 spiro atoms. The van der Waals surface area contributed by atoms with E-state index >= 15 is 0 Å². The van der Waals surface area contributed by atoms with Gasteiger partial charge in [0.2, 0.25) is 5.91 Å². The van der Waals surface area contributed by atoms with E-state index in [0.29, 0.717) is 20.3 Å². The van der Waals surface area contributed by atoms with E-state index < -0.39 is 6.04 Å². The van der Waals surface area contributed by atoms with Crippen LogP contribution in [-0.4, -0.2) is 35.4 Å². The molecule has 2 aromatic rings. The third-order valence-electron chi connectivity index (χ3n) is 5.63. The number of ether oxygens (including phenoxy) is 1. The van der Waals surface area contributed by atoms with Crippen molar-refractivity contribution in [2.45, 2.75) is 57.7 Å². The number of nitrogens with one attached hydrogen (secondary N) is 1. The standard InChI is InChI=1S/C24H27BrCl2N2O3/c1-16(24(31)28-20-5-3-2-4-6-20)29(14-17-7-9-18(26)10-8-17)23(30)15-32-22-12-11-19(27)13-21(22)25/h7-13,16,20H,2-6,14-15H2,1H3,(H,28,31)/t16-/m0/s1. The molecule has 0 heterocycles. The average molecular weight is 542 g/mol. The van der Waals surface area contributed by atoms with Gasteiger partial charge in [-0.05, 0) is 71.6 Å². The van der Waals surface area contributed by atoms with Crippen LogP contribution in [0.3, 0.4) is 0 Å². The Morgan fingerprint density at radius 1 is 1.09 bits per heavy atom. The zero-order valence-corrected chi connectivity index (χ0v) is 21.0. The van der Waals surface area contributed by atoms with Gasteiger partial charge in [0.1, 0.15) is 11.8 Å². The quantitative estimate of drug-likeness (QED) is 0.445. The molecule has 0 aliphatic heterocycles. The minimum atomic E-state index is -0.641. The Hall–Kier alpha value is -1.76. The minimum absolute atomic E-state index is 0.146. The van der Waals surface area contributed by atoms with Crippen LogP contribution in [0.2, 0.25) is 10.0 Å². The van der Waals surface area contributed by atoms with E-state index in [-0.39, 0.29) is 31.0 Å². The molecule has 0 unspecified atom stereocenters. The highest BCUT2D eigenvalue weighted by atomic mass is 79.9. The molecule has 8 heteroatoms. The van der Waals surface area contributed by atoms with Crippen molar-refractivity contribution in [3.63, 3.8) is 0 Å². The van der Waals surface area contributed by atoms with Crippen molar-refractivity contribution < 1.29 is 14.3 Å². The molecule has 1 atom stereocenters. The third kappa shape index (κ3) is 7.12. The Balaban J connectivity index is 1.71. The maximum absolute atomic E-state index is 13.2. The van der Waals surface area contributed by atoms with Gasteiger partial charge in [0.15, 0.2) is 6.61 Å². The summed E-state index contributed by atoms with van der Waals surface area (Å²) in [5, 5.41) is 4.30. The molecule has 2 amide bonds. The van der Waals surface area contributed by atoms with E-state index in [1.54, 1.807) is 42.2 Å². The lowest BCUT2D eigenvalue weighted by Gasteiger charge is -2.31. The molecule has 0 aromatic heterocycles. The van der Waals surface area contributed by atoms with E-state index in [9.17, 15) is 9.59 Å². The van der Waals surface area contributed by atoms with E-state index in [4.69, 9.17) is 27.9 Å². The molecular formula is C24H27BrCl2N2O3. The molecule has 1 N–H and O–H groups in total. The van der Waals surface area contributed by atoms with Crippen LogP contribution in [0.25, 0.3) is 0 Å². The highest BCUT2D eigenvalue weighted by Gasteiger charge is 2.28. The van der Waals surface area contributed by atoms with Gasteiger partial charge in [-0.2, -0.15) is 0 Å². The minimum Gasteiger partial charge on any atom is -0.483 e. The molecule has 0 radical (unpaired) electrons. The van der Waals surface area contributed by atoms with Crippen molar-refractivity contribution in [2.24, 2.45) is 0 Å². The summed E-state index contributed by atoms with van der Waals surface area (Å²) in [4.78, 5) is 27.7. The van der Waals surface area contributed by atoms with E-state index in [1.807, 2.05) is 12.1 Å². The fourth-order valence-electron chi connectivity index (χ4n) is 3.75. The van der Waals surface area contributed by atoms with Crippen LogP contribution in [0.15, 0.2) is 46.9 Å². The number of carbonyl (C=O) groups excluding carboxylic acids is 2. The Morgan fingerprint density at radius 3 is 2.41 bits per heavy atom. The Morgan fingerprint density at radius 2 is 1.75 bits per heavy atom. The first kappa shape index (κ1) is 24.9. The summed E-state index contributed by atoms with van der Waals surface area (Å²) >= 11 is 15.4. The van der Waals surface area contributed by atoms with Gasteiger partial charge in [0.05, 0.1) is 4.47 Å². The summed E-state index contributed by atoms with van der Waals surface area (Å²) in [6.45, 7) is 1.83. The van der Waals surface area contributed by atoms with Crippen LogP contribution in [0.1, 0.15) is 44.6 Å². The number of hydrogen-bond acceptors (Lipinski definition) is 3. The Labute approximate surface area is 207 Å². The molecule has 2 aromatic carbocycles. The van der Waals surface area contributed by atoms with Gasteiger partial charge in [-0.1, -0.05) is 54.6 Å². The van der Waals surface area contributed by atoms with Crippen LogP contribution < -0.4 is 10.1 Å². The van der Waals surface area contributed by atoms with Crippen molar-refractivity contribution in [2.75, 3.05) is 6.61 Å². The molecule has 1 fully saturated rings. The molecule has 1 saturated carbocycles. The van der Waals surface area contributed by atoms with Crippen molar-refractivity contribution in [3.05, 3.63) is 62.5 Å². The third-order valence-corrected chi connectivity index (χ3v) is 6.74. The number of carbonyl (C=O) groups is 2.